The van der Waals surface area contributed by atoms with Crippen LogP contribution in [0.3, 0.4) is 0 Å². The number of carbonyl (C=O) groups excluding carboxylic acids is 2. The molecule has 0 fully saturated rings. The molecule has 1 aromatic carbocycles. The summed E-state index contributed by atoms with van der Waals surface area (Å²) in [7, 11) is 2.97. The first-order valence-corrected chi connectivity index (χ1v) is 8.59. The summed E-state index contributed by atoms with van der Waals surface area (Å²) in [6, 6.07) is 2.50. The van der Waals surface area contributed by atoms with E-state index in [4.69, 9.17) is 21.1 Å². The Hall–Kier alpha value is -1.95. The molecule has 0 aliphatic carbocycles. The van der Waals surface area contributed by atoms with Crippen molar-refractivity contribution in [1.82, 2.24) is 5.32 Å². The van der Waals surface area contributed by atoms with Crippen molar-refractivity contribution in [2.75, 3.05) is 19.5 Å². The first-order chi connectivity index (χ1) is 11.7. The predicted molar refractivity (Wildman–Crippen MR) is 99.4 cm³/mol. The van der Waals surface area contributed by atoms with E-state index in [1.807, 2.05) is 27.7 Å². The van der Waals surface area contributed by atoms with Crippen LogP contribution in [0, 0.1) is 11.8 Å². The van der Waals surface area contributed by atoms with Crippen molar-refractivity contribution < 1.29 is 19.1 Å². The Bertz CT molecular complexity index is 617. The molecule has 2 N–H and O–H groups in total. The third-order valence-corrected chi connectivity index (χ3v) is 3.89. The van der Waals surface area contributed by atoms with Gasteiger partial charge in [0.05, 0.1) is 24.9 Å². The van der Waals surface area contributed by atoms with Gasteiger partial charge in [0, 0.05) is 18.6 Å². The van der Waals surface area contributed by atoms with E-state index >= 15 is 0 Å². The molecule has 0 saturated carbocycles. The smallest absolute Gasteiger partial charge is 0.247 e. The van der Waals surface area contributed by atoms with Crippen LogP contribution in [0.15, 0.2) is 12.1 Å². The van der Waals surface area contributed by atoms with E-state index in [-0.39, 0.29) is 23.7 Å². The van der Waals surface area contributed by atoms with Crippen LogP contribution >= 0.6 is 11.6 Å². The molecule has 0 aromatic heterocycles. The van der Waals surface area contributed by atoms with E-state index in [9.17, 15) is 9.59 Å². The number of benzene rings is 1. The molecule has 0 aliphatic rings. The van der Waals surface area contributed by atoms with Gasteiger partial charge in [-0.15, -0.1) is 0 Å². The van der Waals surface area contributed by atoms with Crippen molar-refractivity contribution in [3.63, 3.8) is 0 Å². The summed E-state index contributed by atoms with van der Waals surface area (Å²) in [5, 5.41) is 5.96. The van der Waals surface area contributed by atoms with Crippen LogP contribution in [0.5, 0.6) is 11.5 Å². The standard InChI is InChI=1S/C18H27ClN2O4/c1-10(2)7-16(22)21-17(11(3)4)18(23)20-13-9-14(24-5)12(19)8-15(13)25-6/h8-11,17H,7H2,1-6H3,(H,20,23)(H,21,22). The fourth-order valence-corrected chi connectivity index (χ4v) is 2.54. The first-order valence-electron chi connectivity index (χ1n) is 8.21. The minimum absolute atomic E-state index is 0.0729. The largest absolute Gasteiger partial charge is 0.495 e. The third-order valence-electron chi connectivity index (χ3n) is 3.59. The fraction of sp³-hybridized carbons (Fsp3) is 0.556. The number of ether oxygens (including phenoxy) is 2. The van der Waals surface area contributed by atoms with Gasteiger partial charge in [0.1, 0.15) is 17.5 Å². The highest BCUT2D eigenvalue weighted by atomic mass is 35.5. The molecule has 2 amide bonds. The van der Waals surface area contributed by atoms with Gasteiger partial charge in [-0.1, -0.05) is 39.3 Å². The lowest BCUT2D eigenvalue weighted by Gasteiger charge is -2.23. The number of anilines is 1. The van der Waals surface area contributed by atoms with E-state index < -0.39 is 6.04 Å². The lowest BCUT2D eigenvalue weighted by Crippen LogP contribution is -2.47. The van der Waals surface area contributed by atoms with Gasteiger partial charge in [0.2, 0.25) is 11.8 Å². The maximum Gasteiger partial charge on any atom is 0.247 e. The average Bonchev–Trinajstić information content (AvgIpc) is 2.52. The summed E-state index contributed by atoms with van der Waals surface area (Å²) < 4.78 is 10.4. The topological polar surface area (TPSA) is 76.7 Å². The highest BCUT2D eigenvalue weighted by Crippen LogP contribution is 2.36. The van der Waals surface area contributed by atoms with Gasteiger partial charge in [-0.05, 0) is 11.8 Å². The van der Waals surface area contributed by atoms with Crippen molar-refractivity contribution >= 4 is 29.1 Å². The number of nitrogens with one attached hydrogen (secondary N) is 2. The second-order valence-electron chi connectivity index (χ2n) is 6.56. The van der Waals surface area contributed by atoms with Crippen LogP contribution in [-0.4, -0.2) is 32.1 Å². The van der Waals surface area contributed by atoms with E-state index in [2.05, 4.69) is 10.6 Å². The molecule has 0 spiro atoms. The van der Waals surface area contributed by atoms with Crippen LogP contribution in [0.1, 0.15) is 34.1 Å². The van der Waals surface area contributed by atoms with E-state index in [1.54, 1.807) is 12.1 Å². The van der Waals surface area contributed by atoms with E-state index in [0.29, 0.717) is 28.6 Å². The third kappa shape index (κ3) is 6.12. The Labute approximate surface area is 154 Å². The molecule has 1 rings (SSSR count). The van der Waals surface area contributed by atoms with Crippen LogP contribution in [0.25, 0.3) is 0 Å². The number of rotatable bonds is 8. The van der Waals surface area contributed by atoms with Crippen molar-refractivity contribution in [2.24, 2.45) is 11.8 Å². The highest BCUT2D eigenvalue weighted by molar-refractivity contribution is 6.32. The Morgan fingerprint density at radius 3 is 2.16 bits per heavy atom. The molecule has 0 bridgehead atoms. The Balaban J connectivity index is 2.99. The van der Waals surface area contributed by atoms with Gasteiger partial charge in [-0.3, -0.25) is 9.59 Å². The molecule has 6 nitrogen and oxygen atoms in total. The zero-order valence-electron chi connectivity index (χ0n) is 15.6. The molecular formula is C18H27ClN2O4. The first kappa shape index (κ1) is 21.1. The van der Waals surface area contributed by atoms with Crippen molar-refractivity contribution in [3.8, 4) is 11.5 Å². The van der Waals surface area contributed by atoms with Crippen LogP contribution in [0.2, 0.25) is 5.02 Å². The monoisotopic (exact) mass is 370 g/mol. The number of hydrogen-bond acceptors (Lipinski definition) is 4. The number of methoxy groups -OCH3 is 2. The zero-order chi connectivity index (χ0) is 19.1. The van der Waals surface area contributed by atoms with Gasteiger partial charge >= 0.3 is 0 Å². The molecule has 0 heterocycles. The van der Waals surface area contributed by atoms with Gasteiger partial charge in [-0.2, -0.15) is 0 Å². The Morgan fingerprint density at radius 2 is 1.68 bits per heavy atom. The normalized spacial score (nSPS) is 12.0. The molecule has 0 aliphatic heterocycles. The molecule has 25 heavy (non-hydrogen) atoms. The highest BCUT2D eigenvalue weighted by Gasteiger charge is 2.25. The zero-order valence-corrected chi connectivity index (χ0v) is 16.4. The van der Waals surface area contributed by atoms with E-state index in [0.717, 1.165) is 0 Å². The second-order valence-corrected chi connectivity index (χ2v) is 6.97. The summed E-state index contributed by atoms with van der Waals surface area (Å²) in [5.41, 5.74) is 0.428. The van der Waals surface area contributed by atoms with Crippen LogP contribution in [-0.2, 0) is 9.59 Å². The van der Waals surface area contributed by atoms with Gasteiger partial charge in [0.25, 0.3) is 0 Å². The fourth-order valence-electron chi connectivity index (χ4n) is 2.31. The van der Waals surface area contributed by atoms with Gasteiger partial charge in [-0.25, -0.2) is 0 Å². The molecule has 1 unspecified atom stereocenters. The number of carbonyl (C=O) groups is 2. The number of halogens is 1. The number of amides is 2. The summed E-state index contributed by atoms with van der Waals surface area (Å²) >= 11 is 6.07. The summed E-state index contributed by atoms with van der Waals surface area (Å²) in [4.78, 5) is 24.7. The van der Waals surface area contributed by atoms with Crippen LogP contribution < -0.4 is 20.1 Å². The summed E-state index contributed by atoms with van der Waals surface area (Å²) in [5.74, 6) is 0.505. The predicted octanol–water partition coefficient (Wildman–Crippen LogP) is 3.48. The minimum atomic E-state index is -0.655. The Morgan fingerprint density at radius 1 is 1.08 bits per heavy atom. The summed E-state index contributed by atoms with van der Waals surface area (Å²) in [6.07, 6.45) is 0.370. The lowest BCUT2D eigenvalue weighted by atomic mass is 10.0. The maximum atomic E-state index is 12.7. The average molecular weight is 371 g/mol. The van der Waals surface area contributed by atoms with Crippen molar-refractivity contribution in [3.05, 3.63) is 17.2 Å². The molecular weight excluding hydrogens is 344 g/mol. The maximum absolute atomic E-state index is 12.7. The molecule has 1 atom stereocenters. The lowest BCUT2D eigenvalue weighted by molar-refractivity contribution is -0.127. The molecule has 140 valence electrons. The van der Waals surface area contributed by atoms with Crippen LogP contribution in [0.4, 0.5) is 5.69 Å². The summed E-state index contributed by atoms with van der Waals surface area (Å²) in [6.45, 7) is 7.66. The molecule has 1 aromatic rings. The quantitative estimate of drug-likeness (QED) is 0.734. The van der Waals surface area contributed by atoms with Gasteiger partial charge < -0.3 is 20.1 Å². The Kier molecular flexibility index (Phi) is 8.03. The molecule has 0 radical (unpaired) electrons. The van der Waals surface area contributed by atoms with Gasteiger partial charge in [0.15, 0.2) is 0 Å². The minimum Gasteiger partial charge on any atom is -0.495 e. The second kappa shape index (κ2) is 9.51. The molecule has 7 heteroatoms. The van der Waals surface area contributed by atoms with Crippen molar-refractivity contribution in [1.29, 1.82) is 0 Å². The molecule has 0 saturated heterocycles. The number of hydrogen-bond donors (Lipinski definition) is 2. The SMILES string of the molecule is COc1cc(NC(=O)C(NC(=O)CC(C)C)C(C)C)c(OC)cc1Cl. The van der Waals surface area contributed by atoms with Crippen molar-refractivity contribution in [2.45, 2.75) is 40.2 Å². The van der Waals surface area contributed by atoms with E-state index in [1.165, 1.54) is 14.2 Å².